The Morgan fingerprint density at radius 2 is 1.94 bits per heavy atom. The number of rotatable bonds is 4. The third kappa shape index (κ3) is 3.70. The number of aromatic nitrogens is 1. The summed E-state index contributed by atoms with van der Waals surface area (Å²) in [5.74, 6) is 0.349. The molecule has 7 heteroatoms. The van der Waals surface area contributed by atoms with Crippen LogP contribution in [0.15, 0.2) is 48.5 Å². The van der Waals surface area contributed by atoms with Gasteiger partial charge >= 0.3 is 0 Å². The number of hydrogen-bond acceptors (Lipinski definition) is 5. The van der Waals surface area contributed by atoms with Crippen molar-refractivity contribution in [1.82, 2.24) is 4.98 Å². The normalized spacial score (nSPS) is 17.1. The van der Waals surface area contributed by atoms with Gasteiger partial charge in [-0.15, -0.1) is 11.3 Å². The molecule has 3 aromatic rings. The molecule has 1 N–H and O–H groups in total. The number of benzene rings is 2. The highest BCUT2D eigenvalue weighted by Gasteiger charge is 2.37. The molecule has 1 atom stereocenters. The van der Waals surface area contributed by atoms with E-state index in [1.807, 2.05) is 23.1 Å². The number of fused-ring (bicyclic) bond motifs is 2. The second-order valence-corrected chi connectivity index (χ2v) is 8.91. The first-order chi connectivity index (χ1) is 15.1. The average molecular weight is 434 g/mol. The highest BCUT2D eigenvalue weighted by atomic mass is 32.1. The molecule has 0 radical (unpaired) electrons. The monoisotopic (exact) mass is 433 g/mol. The Morgan fingerprint density at radius 1 is 1.13 bits per heavy atom. The molecule has 1 aliphatic heterocycles. The molecule has 6 nitrogen and oxygen atoms in total. The fraction of sp³-hybridized carbons (Fsp3) is 0.292. The second-order valence-electron chi connectivity index (χ2n) is 7.82. The van der Waals surface area contributed by atoms with E-state index in [1.54, 1.807) is 31.4 Å². The van der Waals surface area contributed by atoms with Gasteiger partial charge in [0.25, 0.3) is 5.91 Å². The van der Waals surface area contributed by atoms with Gasteiger partial charge in [0.2, 0.25) is 5.91 Å². The molecule has 0 saturated carbocycles. The van der Waals surface area contributed by atoms with E-state index in [-0.39, 0.29) is 17.7 Å². The van der Waals surface area contributed by atoms with Crippen LogP contribution in [0.5, 0.6) is 5.75 Å². The van der Waals surface area contributed by atoms with Crippen molar-refractivity contribution in [3.8, 4) is 5.75 Å². The topological polar surface area (TPSA) is 71.5 Å². The number of aryl methyl sites for hydroxylation is 2. The van der Waals surface area contributed by atoms with E-state index in [0.717, 1.165) is 48.5 Å². The third-order valence-electron chi connectivity index (χ3n) is 5.96. The summed E-state index contributed by atoms with van der Waals surface area (Å²) < 4.78 is 5.14. The first kappa shape index (κ1) is 19.8. The van der Waals surface area contributed by atoms with Gasteiger partial charge < -0.3 is 9.64 Å². The summed E-state index contributed by atoms with van der Waals surface area (Å²) in [6.07, 6.45) is 3.58. The van der Waals surface area contributed by atoms with Crippen LogP contribution in [0, 0.1) is 0 Å². The molecule has 158 valence electrons. The zero-order valence-electron chi connectivity index (χ0n) is 17.3. The standard InChI is InChI=1S/C24H23N3O3S/c1-30-17-10-8-16(9-11-17)22(28)26-24-25-21-18(12-13-20(21)31-24)23(29)27-14-4-6-15-5-2-3-7-19(15)27/h2-3,5,7-11,18H,4,6,12-14H2,1H3,(H,25,26,28). The van der Waals surface area contributed by atoms with Crippen LogP contribution in [-0.4, -0.2) is 30.5 Å². The predicted octanol–water partition coefficient (Wildman–Crippen LogP) is 4.41. The fourth-order valence-electron chi connectivity index (χ4n) is 4.38. The van der Waals surface area contributed by atoms with Crippen LogP contribution in [0.2, 0.25) is 0 Å². The van der Waals surface area contributed by atoms with Gasteiger partial charge in [0.05, 0.1) is 18.7 Å². The minimum atomic E-state index is -0.246. The van der Waals surface area contributed by atoms with Gasteiger partial charge in [0, 0.05) is 22.7 Å². The number of carbonyl (C=O) groups is 2. The maximum Gasteiger partial charge on any atom is 0.257 e. The van der Waals surface area contributed by atoms with Crippen molar-refractivity contribution in [2.75, 3.05) is 23.9 Å². The average Bonchev–Trinajstić information content (AvgIpc) is 3.38. The van der Waals surface area contributed by atoms with Crippen molar-refractivity contribution in [2.24, 2.45) is 0 Å². The summed E-state index contributed by atoms with van der Waals surface area (Å²) >= 11 is 1.47. The Morgan fingerprint density at radius 3 is 2.74 bits per heavy atom. The number of carbonyl (C=O) groups excluding carboxylic acids is 2. The Balaban J connectivity index is 1.33. The van der Waals surface area contributed by atoms with E-state index >= 15 is 0 Å². The zero-order valence-corrected chi connectivity index (χ0v) is 18.1. The Kier molecular flexibility index (Phi) is 5.19. The van der Waals surface area contributed by atoms with Gasteiger partial charge in [-0.25, -0.2) is 4.98 Å². The first-order valence-electron chi connectivity index (χ1n) is 10.5. The minimum absolute atomic E-state index is 0.115. The Hall–Kier alpha value is -3.19. The molecule has 0 saturated heterocycles. The molecule has 31 heavy (non-hydrogen) atoms. The van der Waals surface area contributed by atoms with E-state index in [9.17, 15) is 9.59 Å². The third-order valence-corrected chi connectivity index (χ3v) is 7.01. The maximum atomic E-state index is 13.4. The van der Waals surface area contributed by atoms with Crippen LogP contribution in [0.1, 0.15) is 45.3 Å². The van der Waals surface area contributed by atoms with Crippen molar-refractivity contribution in [2.45, 2.75) is 31.6 Å². The quantitative estimate of drug-likeness (QED) is 0.661. The molecule has 1 aromatic heterocycles. The summed E-state index contributed by atoms with van der Waals surface area (Å²) in [5, 5.41) is 3.43. The number of nitrogens with zero attached hydrogens (tertiary/aromatic N) is 2. The number of hydrogen-bond donors (Lipinski definition) is 1. The van der Waals surface area contributed by atoms with Crippen LogP contribution >= 0.6 is 11.3 Å². The van der Waals surface area contributed by atoms with Gasteiger partial charge in [-0.05, 0) is 61.6 Å². The summed E-state index contributed by atoms with van der Waals surface area (Å²) in [6.45, 7) is 0.743. The smallest absolute Gasteiger partial charge is 0.257 e. The number of amides is 2. The van der Waals surface area contributed by atoms with Crippen molar-refractivity contribution in [3.63, 3.8) is 0 Å². The van der Waals surface area contributed by atoms with Crippen molar-refractivity contribution in [3.05, 3.63) is 70.2 Å². The SMILES string of the molecule is COc1ccc(C(=O)Nc2nc3c(s2)CCC3C(=O)N2CCCc3ccccc32)cc1. The van der Waals surface area contributed by atoms with E-state index < -0.39 is 0 Å². The summed E-state index contributed by atoms with van der Waals surface area (Å²) in [7, 11) is 1.59. The van der Waals surface area contributed by atoms with E-state index in [4.69, 9.17) is 4.74 Å². The number of nitrogens with one attached hydrogen (secondary N) is 1. The number of methoxy groups -OCH3 is 1. The van der Waals surface area contributed by atoms with Gasteiger partial charge in [0.1, 0.15) is 5.75 Å². The molecule has 2 amide bonds. The van der Waals surface area contributed by atoms with E-state index in [2.05, 4.69) is 16.4 Å². The molecule has 2 heterocycles. The highest BCUT2D eigenvalue weighted by Crippen LogP contribution is 2.41. The molecule has 0 spiro atoms. The predicted molar refractivity (Wildman–Crippen MR) is 121 cm³/mol. The molecule has 0 bridgehead atoms. The summed E-state index contributed by atoms with van der Waals surface area (Å²) in [5.41, 5.74) is 3.61. The van der Waals surface area contributed by atoms with Crippen molar-refractivity contribution in [1.29, 1.82) is 0 Å². The zero-order chi connectivity index (χ0) is 21.4. The van der Waals surface area contributed by atoms with Crippen molar-refractivity contribution < 1.29 is 14.3 Å². The van der Waals surface area contributed by atoms with Gasteiger partial charge in [-0.1, -0.05) is 18.2 Å². The Labute approximate surface area is 184 Å². The van der Waals surface area contributed by atoms with Gasteiger partial charge in [-0.2, -0.15) is 0 Å². The molecule has 1 aliphatic carbocycles. The molecular formula is C24H23N3O3S. The van der Waals surface area contributed by atoms with Crippen LogP contribution in [0.4, 0.5) is 10.8 Å². The van der Waals surface area contributed by atoms with Gasteiger partial charge in [0.15, 0.2) is 5.13 Å². The molecule has 5 rings (SSSR count). The van der Waals surface area contributed by atoms with Crippen molar-refractivity contribution >= 4 is 34.0 Å². The molecule has 2 aromatic carbocycles. The lowest BCUT2D eigenvalue weighted by atomic mass is 9.98. The molecule has 0 fully saturated rings. The maximum absolute atomic E-state index is 13.4. The van der Waals surface area contributed by atoms with E-state index in [1.165, 1.54) is 16.9 Å². The molecule has 2 aliphatic rings. The lowest BCUT2D eigenvalue weighted by Crippen LogP contribution is -2.38. The molecule has 1 unspecified atom stereocenters. The highest BCUT2D eigenvalue weighted by molar-refractivity contribution is 7.16. The minimum Gasteiger partial charge on any atom is -0.497 e. The van der Waals surface area contributed by atoms with E-state index in [0.29, 0.717) is 16.4 Å². The molecular weight excluding hydrogens is 410 g/mol. The van der Waals surface area contributed by atoms with Crippen LogP contribution in [0.3, 0.4) is 0 Å². The van der Waals surface area contributed by atoms with Crippen LogP contribution < -0.4 is 15.0 Å². The number of anilines is 2. The lowest BCUT2D eigenvalue weighted by Gasteiger charge is -2.31. The van der Waals surface area contributed by atoms with Crippen LogP contribution in [-0.2, 0) is 17.6 Å². The number of ether oxygens (including phenoxy) is 1. The Bertz CT molecular complexity index is 1140. The summed E-state index contributed by atoms with van der Waals surface area (Å²) in [6, 6.07) is 15.1. The number of thiazole rings is 1. The fourth-order valence-corrected chi connectivity index (χ4v) is 5.42. The van der Waals surface area contributed by atoms with Crippen LogP contribution in [0.25, 0.3) is 0 Å². The lowest BCUT2D eigenvalue weighted by molar-refractivity contribution is -0.120. The first-order valence-corrected chi connectivity index (χ1v) is 11.3. The largest absolute Gasteiger partial charge is 0.497 e. The van der Waals surface area contributed by atoms with Gasteiger partial charge in [-0.3, -0.25) is 14.9 Å². The number of para-hydroxylation sites is 1. The second kappa shape index (κ2) is 8.15. The summed E-state index contributed by atoms with van der Waals surface area (Å²) in [4.78, 5) is 33.7.